The fraction of sp³-hybridized carbons (Fsp3) is 1.00. The molecular weight excluding hydrogens is 206 g/mol. The van der Waals surface area contributed by atoms with Gasteiger partial charge in [-0.2, -0.15) is 0 Å². The molecule has 2 rings (SSSR count). The van der Waals surface area contributed by atoms with Gasteiger partial charge in [-0.3, -0.25) is 0 Å². The predicted molar refractivity (Wildman–Crippen MR) is 45.3 cm³/mol. The van der Waals surface area contributed by atoms with Gasteiger partial charge in [0.25, 0.3) is 0 Å². The summed E-state index contributed by atoms with van der Waals surface area (Å²) in [6.45, 7) is 1.41. The van der Waals surface area contributed by atoms with E-state index in [1.165, 1.54) is 6.92 Å². The van der Waals surface area contributed by atoms with Crippen LogP contribution in [0.2, 0.25) is 0 Å². The normalized spacial score (nSPS) is 53.7. The molecule has 0 aromatic heterocycles. The second-order valence-electron chi connectivity index (χ2n) is 3.74. The lowest BCUT2D eigenvalue weighted by Crippen LogP contribution is -2.59. The average Bonchev–Trinajstić information content (AvgIpc) is 2.51. The third kappa shape index (κ3) is 1.39. The number of hydrogen-bond acceptors (Lipinski definition) is 6. The van der Waals surface area contributed by atoms with Gasteiger partial charge in [0.15, 0.2) is 12.0 Å². The number of nitrogens with zero attached hydrogens (tertiary/aromatic N) is 3. The molecule has 0 aromatic carbocycles. The smallest absolute Gasteiger partial charge is 0.195 e. The van der Waals surface area contributed by atoms with Crippen LogP contribution >= 0.6 is 0 Å². The molecule has 3 N–H and O–H groups in total. The SMILES string of the molecule is C[C@]12O[C@H]([C@@H](O)[C@H](O)[C@@H]1O)[C@H](N=[N+]=[N-])O2. The van der Waals surface area contributed by atoms with E-state index in [9.17, 15) is 15.3 Å². The quantitative estimate of drug-likeness (QED) is 0.290. The molecule has 0 radical (unpaired) electrons. The van der Waals surface area contributed by atoms with Crippen molar-refractivity contribution < 1.29 is 24.8 Å². The highest BCUT2D eigenvalue weighted by Gasteiger charge is 2.60. The van der Waals surface area contributed by atoms with Crippen molar-refractivity contribution in [3.05, 3.63) is 10.4 Å². The number of ether oxygens (including phenoxy) is 2. The average molecular weight is 217 g/mol. The zero-order valence-electron chi connectivity index (χ0n) is 7.89. The Kier molecular flexibility index (Phi) is 2.34. The summed E-state index contributed by atoms with van der Waals surface area (Å²) in [5.74, 6) is -1.44. The van der Waals surface area contributed by atoms with Gasteiger partial charge in [0.05, 0.1) is 0 Å². The number of aliphatic hydroxyl groups excluding tert-OH is 3. The van der Waals surface area contributed by atoms with E-state index >= 15 is 0 Å². The summed E-state index contributed by atoms with van der Waals surface area (Å²) in [5.41, 5.74) is 8.26. The van der Waals surface area contributed by atoms with E-state index in [1.54, 1.807) is 0 Å². The van der Waals surface area contributed by atoms with Crippen molar-refractivity contribution >= 4 is 0 Å². The van der Waals surface area contributed by atoms with E-state index < -0.39 is 36.4 Å². The predicted octanol–water partition coefficient (Wildman–Crippen LogP) is -1.15. The first-order valence-electron chi connectivity index (χ1n) is 4.43. The molecule has 0 spiro atoms. The highest BCUT2D eigenvalue weighted by atomic mass is 16.8. The van der Waals surface area contributed by atoms with Crippen molar-refractivity contribution in [2.45, 2.75) is 43.4 Å². The molecule has 15 heavy (non-hydrogen) atoms. The Balaban J connectivity index is 2.32. The topological polar surface area (TPSA) is 128 Å². The van der Waals surface area contributed by atoms with Gasteiger partial charge in [-0.05, 0) is 12.5 Å². The number of azide groups is 1. The molecule has 0 aromatic rings. The summed E-state index contributed by atoms with van der Waals surface area (Å²) in [5, 5.41) is 31.9. The van der Waals surface area contributed by atoms with Crippen LogP contribution in [0.1, 0.15) is 6.92 Å². The molecule has 2 aliphatic rings. The minimum Gasteiger partial charge on any atom is -0.387 e. The molecule has 8 heteroatoms. The van der Waals surface area contributed by atoms with Crippen molar-refractivity contribution in [3.8, 4) is 0 Å². The van der Waals surface area contributed by atoms with Crippen LogP contribution in [0.25, 0.3) is 10.4 Å². The van der Waals surface area contributed by atoms with Crippen molar-refractivity contribution in [1.82, 2.24) is 0 Å². The van der Waals surface area contributed by atoms with Crippen molar-refractivity contribution in [2.75, 3.05) is 0 Å². The van der Waals surface area contributed by atoms with Crippen molar-refractivity contribution in [3.63, 3.8) is 0 Å². The molecule has 8 nitrogen and oxygen atoms in total. The van der Waals surface area contributed by atoms with E-state index in [4.69, 9.17) is 15.0 Å². The summed E-state index contributed by atoms with van der Waals surface area (Å²) >= 11 is 0. The molecule has 2 heterocycles. The Hall–Kier alpha value is -0.890. The Morgan fingerprint density at radius 3 is 2.53 bits per heavy atom. The molecule has 2 bridgehead atoms. The number of fused-ring (bicyclic) bond motifs is 2. The third-order valence-corrected chi connectivity index (χ3v) is 2.72. The van der Waals surface area contributed by atoms with Crippen LogP contribution in [0.3, 0.4) is 0 Å². The van der Waals surface area contributed by atoms with E-state index in [2.05, 4.69) is 10.0 Å². The molecule has 6 atom stereocenters. The molecule has 0 aliphatic carbocycles. The first-order valence-corrected chi connectivity index (χ1v) is 4.43. The lowest BCUT2D eigenvalue weighted by atomic mass is 9.95. The zero-order valence-corrected chi connectivity index (χ0v) is 7.89. The lowest BCUT2D eigenvalue weighted by molar-refractivity contribution is -0.286. The van der Waals surface area contributed by atoms with Gasteiger partial charge < -0.3 is 24.8 Å². The molecule has 2 aliphatic heterocycles. The standard InChI is InChI=1S/C7H11N3O5/c1-7-5(13)3(12)2(11)4(14-7)6(15-7)9-10-8/h2-6,11-13H,1H3/t2-,3-,4+,5-,6+,7+/m0/s1. The van der Waals surface area contributed by atoms with Gasteiger partial charge >= 0.3 is 0 Å². The fourth-order valence-corrected chi connectivity index (χ4v) is 1.87. The number of hydrogen-bond donors (Lipinski definition) is 3. The molecule has 2 saturated heterocycles. The molecule has 0 unspecified atom stereocenters. The van der Waals surface area contributed by atoms with Crippen LogP contribution in [0, 0.1) is 0 Å². The maximum absolute atomic E-state index is 9.59. The second kappa shape index (κ2) is 3.31. The first-order chi connectivity index (χ1) is 6.99. The van der Waals surface area contributed by atoms with Gasteiger partial charge in [0, 0.05) is 4.91 Å². The Bertz CT molecular complexity index is 320. The number of aliphatic hydroxyl groups is 3. The Labute approximate surface area is 84.7 Å². The third-order valence-electron chi connectivity index (χ3n) is 2.72. The van der Waals surface area contributed by atoms with Crippen molar-refractivity contribution in [1.29, 1.82) is 0 Å². The second-order valence-corrected chi connectivity index (χ2v) is 3.74. The first kappa shape index (κ1) is 10.6. The molecule has 84 valence electrons. The lowest BCUT2D eigenvalue weighted by Gasteiger charge is -2.38. The highest BCUT2D eigenvalue weighted by molar-refractivity contribution is 5.02. The largest absolute Gasteiger partial charge is 0.387 e. The molecule has 2 fully saturated rings. The summed E-state index contributed by atoms with van der Waals surface area (Å²) in [7, 11) is 0. The summed E-state index contributed by atoms with van der Waals surface area (Å²) in [6, 6.07) is 0. The minimum atomic E-state index is -1.44. The van der Waals surface area contributed by atoms with Gasteiger partial charge in [0.1, 0.15) is 24.4 Å². The molecule has 0 saturated carbocycles. The van der Waals surface area contributed by atoms with Crippen LogP contribution in [-0.2, 0) is 9.47 Å². The van der Waals surface area contributed by atoms with Crippen LogP contribution in [0.4, 0.5) is 0 Å². The maximum Gasteiger partial charge on any atom is 0.195 e. The molecular formula is C7H11N3O5. The minimum absolute atomic E-state index is 0.954. The van der Waals surface area contributed by atoms with Crippen molar-refractivity contribution in [2.24, 2.45) is 5.11 Å². The molecule has 0 amide bonds. The summed E-state index contributed by atoms with van der Waals surface area (Å²) in [4.78, 5) is 2.54. The van der Waals surface area contributed by atoms with Crippen LogP contribution < -0.4 is 0 Å². The van der Waals surface area contributed by atoms with Crippen LogP contribution in [0.5, 0.6) is 0 Å². The van der Waals surface area contributed by atoms with Crippen LogP contribution in [0.15, 0.2) is 5.11 Å². The highest BCUT2D eigenvalue weighted by Crippen LogP contribution is 2.40. The Morgan fingerprint density at radius 1 is 1.27 bits per heavy atom. The monoisotopic (exact) mass is 217 g/mol. The van der Waals surface area contributed by atoms with Gasteiger partial charge in [-0.15, -0.1) is 0 Å². The van der Waals surface area contributed by atoms with E-state index in [0.29, 0.717) is 0 Å². The maximum atomic E-state index is 9.59. The summed E-state index contributed by atoms with van der Waals surface area (Å²) in [6.07, 6.45) is -6.10. The van der Waals surface area contributed by atoms with Gasteiger partial charge in [-0.25, -0.2) is 0 Å². The number of rotatable bonds is 1. The van der Waals surface area contributed by atoms with Gasteiger partial charge in [-0.1, -0.05) is 5.11 Å². The van der Waals surface area contributed by atoms with E-state index in [0.717, 1.165) is 0 Å². The van der Waals surface area contributed by atoms with Gasteiger partial charge in [0.2, 0.25) is 0 Å². The zero-order chi connectivity index (χ0) is 11.2. The van der Waals surface area contributed by atoms with Crippen LogP contribution in [-0.4, -0.2) is 51.8 Å². The van der Waals surface area contributed by atoms with E-state index in [1.807, 2.05) is 0 Å². The summed E-state index contributed by atoms with van der Waals surface area (Å²) < 4.78 is 10.4. The Morgan fingerprint density at radius 2 is 1.93 bits per heavy atom. The fourth-order valence-electron chi connectivity index (χ4n) is 1.87. The van der Waals surface area contributed by atoms with E-state index in [-0.39, 0.29) is 0 Å².